The molecule has 2 N–H and O–H groups in total. The van der Waals surface area contributed by atoms with Crippen LogP contribution in [0.4, 0.5) is 17.1 Å². The molecule has 2 rings (SSSR count). The molecule has 0 saturated heterocycles. The summed E-state index contributed by atoms with van der Waals surface area (Å²) in [5.74, 6) is 0.969. The maximum Gasteiger partial charge on any atom is 0.273 e. The molecule has 2 aromatic rings. The van der Waals surface area contributed by atoms with Gasteiger partial charge >= 0.3 is 0 Å². The lowest BCUT2D eigenvalue weighted by Crippen LogP contribution is -2.09. The van der Waals surface area contributed by atoms with Gasteiger partial charge in [0.2, 0.25) is 0 Å². The molecule has 0 radical (unpaired) electrons. The summed E-state index contributed by atoms with van der Waals surface area (Å²) in [7, 11) is 3.67. The van der Waals surface area contributed by atoms with Gasteiger partial charge in [-0.25, -0.2) is 4.98 Å². The SMILES string of the molecule is CNc1cc(NCCc2nccn2C)cc([N+](=O)[O-])c1. The van der Waals surface area contributed by atoms with Crippen molar-refractivity contribution in [1.29, 1.82) is 0 Å². The second kappa shape index (κ2) is 6.05. The van der Waals surface area contributed by atoms with Gasteiger partial charge in [0.05, 0.1) is 4.92 Å². The minimum absolute atomic E-state index is 0.0661. The Bertz CT molecular complexity index is 609. The van der Waals surface area contributed by atoms with Crippen LogP contribution in [-0.2, 0) is 13.5 Å². The summed E-state index contributed by atoms with van der Waals surface area (Å²) in [4.78, 5) is 14.7. The summed E-state index contributed by atoms with van der Waals surface area (Å²) in [5.41, 5.74) is 1.49. The van der Waals surface area contributed by atoms with E-state index in [2.05, 4.69) is 15.6 Å². The van der Waals surface area contributed by atoms with Gasteiger partial charge in [0.15, 0.2) is 0 Å². The predicted octanol–water partition coefficient (Wildman–Crippen LogP) is 2.02. The highest BCUT2D eigenvalue weighted by atomic mass is 16.6. The molecule has 106 valence electrons. The number of benzene rings is 1. The zero-order valence-corrected chi connectivity index (χ0v) is 11.5. The zero-order chi connectivity index (χ0) is 14.5. The van der Waals surface area contributed by atoms with Crippen LogP contribution in [0.1, 0.15) is 5.82 Å². The van der Waals surface area contributed by atoms with E-state index in [1.165, 1.54) is 12.1 Å². The van der Waals surface area contributed by atoms with Crippen LogP contribution in [0.5, 0.6) is 0 Å². The second-order valence-corrected chi connectivity index (χ2v) is 4.41. The topological polar surface area (TPSA) is 85.0 Å². The number of rotatable bonds is 6. The molecule has 0 aliphatic carbocycles. The molecule has 0 atom stereocenters. The first-order valence-corrected chi connectivity index (χ1v) is 6.27. The molecular weight excluding hydrogens is 258 g/mol. The third-order valence-electron chi connectivity index (χ3n) is 3.02. The van der Waals surface area contributed by atoms with Gasteiger partial charge in [-0.15, -0.1) is 0 Å². The number of non-ortho nitro benzene ring substituents is 1. The fourth-order valence-electron chi connectivity index (χ4n) is 1.92. The van der Waals surface area contributed by atoms with Crippen molar-refractivity contribution in [3.63, 3.8) is 0 Å². The Kier molecular flexibility index (Phi) is 4.19. The molecule has 7 nitrogen and oxygen atoms in total. The standard InChI is InChI=1S/C13H17N5O2/c1-14-10-7-11(9-12(8-10)18(19)20)15-4-3-13-16-5-6-17(13)2/h5-9,14-15H,3-4H2,1-2H3. The van der Waals surface area contributed by atoms with Gasteiger partial charge < -0.3 is 15.2 Å². The van der Waals surface area contributed by atoms with Crippen molar-refractivity contribution in [2.75, 3.05) is 24.2 Å². The Morgan fingerprint density at radius 1 is 1.35 bits per heavy atom. The number of aryl methyl sites for hydroxylation is 1. The first kappa shape index (κ1) is 13.9. The average molecular weight is 275 g/mol. The van der Waals surface area contributed by atoms with Gasteiger partial charge in [-0.1, -0.05) is 0 Å². The van der Waals surface area contributed by atoms with Crippen molar-refractivity contribution in [3.05, 3.63) is 46.5 Å². The summed E-state index contributed by atoms with van der Waals surface area (Å²) < 4.78 is 1.95. The van der Waals surface area contributed by atoms with Crippen molar-refractivity contribution in [2.45, 2.75) is 6.42 Å². The number of nitro groups is 1. The molecule has 1 aromatic carbocycles. The molecule has 1 aromatic heterocycles. The predicted molar refractivity (Wildman–Crippen MR) is 78.0 cm³/mol. The molecule has 0 fully saturated rings. The van der Waals surface area contributed by atoms with Gasteiger partial charge in [0.25, 0.3) is 5.69 Å². The average Bonchev–Trinajstić information content (AvgIpc) is 2.84. The normalized spacial score (nSPS) is 10.3. The van der Waals surface area contributed by atoms with Gasteiger partial charge in [-0.3, -0.25) is 10.1 Å². The molecule has 1 heterocycles. The van der Waals surface area contributed by atoms with Crippen LogP contribution in [0.25, 0.3) is 0 Å². The molecule has 0 spiro atoms. The second-order valence-electron chi connectivity index (χ2n) is 4.41. The van der Waals surface area contributed by atoms with E-state index in [0.717, 1.165) is 17.9 Å². The maximum absolute atomic E-state index is 10.9. The monoisotopic (exact) mass is 275 g/mol. The van der Waals surface area contributed by atoms with E-state index in [9.17, 15) is 10.1 Å². The van der Waals surface area contributed by atoms with E-state index in [1.807, 2.05) is 23.9 Å². The summed E-state index contributed by atoms with van der Waals surface area (Å²) in [5, 5.41) is 17.0. The van der Waals surface area contributed by atoms with Crippen LogP contribution in [0.15, 0.2) is 30.6 Å². The molecule has 0 saturated carbocycles. The number of hydrogen-bond donors (Lipinski definition) is 2. The highest BCUT2D eigenvalue weighted by Crippen LogP contribution is 2.23. The number of imidazole rings is 1. The molecule has 0 amide bonds. The van der Waals surface area contributed by atoms with Gasteiger partial charge in [0, 0.05) is 63.0 Å². The number of anilines is 2. The number of aromatic nitrogens is 2. The van der Waals surface area contributed by atoms with Crippen LogP contribution in [-0.4, -0.2) is 28.1 Å². The fraction of sp³-hybridized carbons (Fsp3) is 0.308. The van der Waals surface area contributed by atoms with Crippen LogP contribution < -0.4 is 10.6 Å². The Hall–Kier alpha value is -2.57. The zero-order valence-electron chi connectivity index (χ0n) is 11.5. The highest BCUT2D eigenvalue weighted by molar-refractivity contribution is 5.63. The molecular formula is C13H17N5O2. The summed E-state index contributed by atoms with van der Waals surface area (Å²) in [6, 6.07) is 4.87. The van der Waals surface area contributed by atoms with Crippen LogP contribution in [0.2, 0.25) is 0 Å². The van der Waals surface area contributed by atoms with Crippen molar-refractivity contribution in [3.8, 4) is 0 Å². The lowest BCUT2D eigenvalue weighted by Gasteiger charge is -2.08. The number of nitrogens with zero attached hydrogens (tertiary/aromatic N) is 3. The summed E-state index contributed by atoms with van der Waals surface area (Å²) >= 11 is 0. The van der Waals surface area contributed by atoms with E-state index in [4.69, 9.17) is 0 Å². The molecule has 0 aliphatic heterocycles. The van der Waals surface area contributed by atoms with Gasteiger partial charge in [-0.05, 0) is 6.07 Å². The number of nitrogens with one attached hydrogen (secondary N) is 2. The van der Waals surface area contributed by atoms with E-state index in [0.29, 0.717) is 12.2 Å². The Balaban J connectivity index is 2.03. The van der Waals surface area contributed by atoms with E-state index >= 15 is 0 Å². The molecule has 0 unspecified atom stereocenters. The third kappa shape index (κ3) is 3.25. The van der Waals surface area contributed by atoms with Crippen LogP contribution in [0, 0.1) is 10.1 Å². The molecule has 20 heavy (non-hydrogen) atoms. The van der Waals surface area contributed by atoms with E-state index in [1.54, 1.807) is 13.2 Å². The van der Waals surface area contributed by atoms with Crippen LogP contribution >= 0.6 is 0 Å². The maximum atomic E-state index is 10.9. The lowest BCUT2D eigenvalue weighted by atomic mass is 10.2. The van der Waals surface area contributed by atoms with E-state index in [-0.39, 0.29) is 5.69 Å². The summed E-state index contributed by atoms with van der Waals surface area (Å²) in [6.07, 6.45) is 4.39. The van der Waals surface area contributed by atoms with Crippen molar-refractivity contribution in [1.82, 2.24) is 9.55 Å². The minimum atomic E-state index is -0.398. The first-order valence-electron chi connectivity index (χ1n) is 6.27. The molecule has 0 bridgehead atoms. The van der Waals surface area contributed by atoms with Crippen molar-refractivity contribution >= 4 is 17.1 Å². The van der Waals surface area contributed by atoms with Crippen molar-refractivity contribution in [2.24, 2.45) is 7.05 Å². The Morgan fingerprint density at radius 3 is 2.70 bits per heavy atom. The Morgan fingerprint density at radius 2 is 2.10 bits per heavy atom. The molecule has 7 heteroatoms. The largest absolute Gasteiger partial charge is 0.388 e. The van der Waals surface area contributed by atoms with Gasteiger partial charge in [0.1, 0.15) is 5.82 Å². The fourth-order valence-corrected chi connectivity index (χ4v) is 1.92. The molecule has 0 aliphatic rings. The Labute approximate surface area is 116 Å². The third-order valence-corrected chi connectivity index (χ3v) is 3.02. The van der Waals surface area contributed by atoms with Gasteiger partial charge in [-0.2, -0.15) is 0 Å². The van der Waals surface area contributed by atoms with E-state index < -0.39 is 4.92 Å². The highest BCUT2D eigenvalue weighted by Gasteiger charge is 2.09. The smallest absolute Gasteiger partial charge is 0.273 e. The minimum Gasteiger partial charge on any atom is -0.388 e. The van der Waals surface area contributed by atoms with Crippen LogP contribution in [0.3, 0.4) is 0 Å². The number of nitro benzene ring substituents is 1. The quantitative estimate of drug-likeness (QED) is 0.622. The first-order chi connectivity index (χ1) is 9.60. The lowest BCUT2D eigenvalue weighted by molar-refractivity contribution is -0.384. The number of hydrogen-bond acceptors (Lipinski definition) is 5. The summed E-state index contributed by atoms with van der Waals surface area (Å²) in [6.45, 7) is 0.662. The van der Waals surface area contributed by atoms with Crippen molar-refractivity contribution < 1.29 is 4.92 Å².